The topological polar surface area (TPSA) is 147 Å². The Labute approximate surface area is 320 Å². The number of hydrogen-bond acceptors (Lipinski definition) is 8. The number of carbonyl (C=O) groups is 4. The number of fused-ring (bicyclic) bond motifs is 4. The van der Waals surface area contributed by atoms with Crippen molar-refractivity contribution in [1.29, 1.82) is 0 Å². The maximum atomic E-state index is 15.3. The number of rotatable bonds is 5. The summed E-state index contributed by atoms with van der Waals surface area (Å²) in [7, 11) is 1.18. The number of nitrogens with zero attached hydrogens (tertiary/aromatic N) is 3. The second-order valence-corrected chi connectivity index (χ2v) is 15.5. The minimum absolute atomic E-state index is 0.00880. The molecule has 6 unspecified atom stereocenters. The van der Waals surface area contributed by atoms with Gasteiger partial charge in [0.25, 0.3) is 17.5 Å². The summed E-state index contributed by atoms with van der Waals surface area (Å²) in [5, 5.41) is 22.2. The molecule has 0 bridgehead atoms. The zero-order valence-electron chi connectivity index (χ0n) is 26.2. The van der Waals surface area contributed by atoms with Gasteiger partial charge in [0.1, 0.15) is 5.69 Å². The summed E-state index contributed by atoms with van der Waals surface area (Å²) >= 11 is 20.8. The lowest BCUT2D eigenvalue weighted by Gasteiger charge is -2.51. The number of benzene rings is 3. The van der Waals surface area contributed by atoms with E-state index in [4.69, 9.17) is 27.9 Å². The van der Waals surface area contributed by atoms with Crippen LogP contribution in [0.1, 0.15) is 24.3 Å². The summed E-state index contributed by atoms with van der Waals surface area (Å²) < 4.78 is 78.9. The van der Waals surface area contributed by atoms with Crippen molar-refractivity contribution in [1.82, 2.24) is 0 Å². The highest BCUT2D eigenvalue weighted by Crippen LogP contribution is 2.67. The molecule has 3 aromatic carbocycles. The number of halogens is 9. The molecule has 1 saturated carbocycles. The van der Waals surface area contributed by atoms with E-state index in [1.165, 1.54) is 31.4 Å². The van der Waals surface area contributed by atoms with E-state index in [2.05, 4.69) is 31.9 Å². The lowest BCUT2D eigenvalue weighted by atomic mass is 9.56. The molecule has 4 amide bonds. The van der Waals surface area contributed by atoms with Crippen LogP contribution in [0.15, 0.2) is 50.9 Å². The fraction of sp³-hybridized carbons (Fsp3) is 0.273. The van der Waals surface area contributed by atoms with Crippen molar-refractivity contribution < 1.29 is 55.9 Å². The van der Waals surface area contributed by atoms with Crippen LogP contribution in [0.2, 0.25) is 0 Å². The maximum absolute atomic E-state index is 15.3. The van der Waals surface area contributed by atoms with E-state index in [0.717, 1.165) is 17.0 Å². The Morgan fingerprint density at radius 1 is 0.906 bits per heavy atom. The number of anilines is 2. The van der Waals surface area contributed by atoms with Crippen LogP contribution in [0.25, 0.3) is 0 Å². The Kier molecular flexibility index (Phi) is 8.74. The Bertz CT molecular complexity index is 2270. The molecule has 53 heavy (non-hydrogen) atoms. The van der Waals surface area contributed by atoms with Crippen molar-refractivity contribution in [2.45, 2.75) is 28.5 Å². The minimum Gasteiger partial charge on any atom is -0.503 e. The van der Waals surface area contributed by atoms with Crippen LogP contribution in [-0.2, 0) is 19.2 Å². The Balaban J connectivity index is 1.46. The quantitative estimate of drug-likeness (QED) is 0.0411. The molecule has 276 valence electrons. The summed E-state index contributed by atoms with van der Waals surface area (Å²) in [6, 6.07) is 5.91. The number of alkyl halides is 2. The Morgan fingerprint density at radius 2 is 1.53 bits per heavy atom. The number of allylic oxidation sites excluding steroid dienone is 2. The first kappa shape index (κ1) is 37.2. The van der Waals surface area contributed by atoms with Crippen molar-refractivity contribution in [2.24, 2.45) is 17.8 Å². The van der Waals surface area contributed by atoms with Crippen LogP contribution in [0.5, 0.6) is 11.5 Å². The molecule has 6 atom stereocenters. The predicted molar refractivity (Wildman–Crippen MR) is 182 cm³/mol. The molecule has 0 radical (unpaired) electrons. The lowest BCUT2D eigenvalue weighted by Crippen LogP contribution is -2.60. The molecular weight excluding hydrogens is 892 g/mol. The van der Waals surface area contributed by atoms with Gasteiger partial charge in [0, 0.05) is 22.5 Å². The van der Waals surface area contributed by atoms with Gasteiger partial charge in [-0.1, -0.05) is 17.7 Å². The van der Waals surface area contributed by atoms with E-state index in [1.54, 1.807) is 0 Å². The number of amides is 4. The average Bonchev–Trinajstić information content (AvgIpc) is 3.47. The standard InChI is InChI=1S/C33H18Br2Cl2F5N3O8/c1-53-16-8-14(19(34)20(35)27(16)46)18-12-5-6-13-17(29(48)43(28(13)47)10-3-2-4-11(7-10)45(51)52)15(12)9-32(36)30(49)44(31(50)33(18,32)37)26-24(41)22(39)21(38)23(40)25(26)42/h2-5,7-8,13,15,17-18,46H,6,9H2,1H3. The van der Waals surface area contributed by atoms with E-state index in [0.29, 0.717) is 0 Å². The lowest BCUT2D eigenvalue weighted by molar-refractivity contribution is -0.384. The van der Waals surface area contributed by atoms with Gasteiger partial charge < -0.3 is 9.84 Å². The number of phenols is 1. The number of nitro benzene ring substituents is 1. The first-order valence-electron chi connectivity index (χ1n) is 15.2. The Morgan fingerprint density at radius 3 is 2.13 bits per heavy atom. The molecule has 0 spiro atoms. The zero-order valence-corrected chi connectivity index (χ0v) is 30.9. The van der Waals surface area contributed by atoms with Gasteiger partial charge in [-0.3, -0.25) is 29.3 Å². The average molecular weight is 910 g/mol. The molecule has 3 aromatic rings. The number of carbonyl (C=O) groups excluding carboxylic acids is 4. The normalized spacial score (nSPS) is 27.8. The third-order valence-corrected chi connectivity index (χ3v) is 13.8. The number of imide groups is 2. The smallest absolute Gasteiger partial charge is 0.271 e. The fourth-order valence-corrected chi connectivity index (χ4v) is 9.77. The van der Waals surface area contributed by atoms with Gasteiger partial charge >= 0.3 is 0 Å². The van der Waals surface area contributed by atoms with Gasteiger partial charge in [0.15, 0.2) is 44.5 Å². The molecule has 0 aromatic heterocycles. The molecule has 11 nitrogen and oxygen atoms in total. The van der Waals surface area contributed by atoms with E-state index in [-0.39, 0.29) is 42.8 Å². The van der Waals surface area contributed by atoms with Crippen LogP contribution in [0.4, 0.5) is 39.0 Å². The van der Waals surface area contributed by atoms with Crippen LogP contribution < -0.4 is 14.5 Å². The van der Waals surface area contributed by atoms with E-state index in [9.17, 15) is 47.6 Å². The number of aromatic hydroxyl groups is 1. The van der Waals surface area contributed by atoms with Gasteiger partial charge in [-0.15, -0.1) is 23.2 Å². The van der Waals surface area contributed by atoms with Crippen LogP contribution >= 0.6 is 55.1 Å². The zero-order chi connectivity index (χ0) is 38.8. The molecule has 2 heterocycles. The van der Waals surface area contributed by atoms with Crippen molar-refractivity contribution in [3.63, 3.8) is 0 Å². The SMILES string of the molecule is COc1cc(C2C3=CCC4C(=O)N(c5cccc([N+](=O)[O-])c5)C(=O)C4C3CC3(Cl)C(=O)N(c4c(F)c(F)c(F)c(F)c4F)C(=O)C23Cl)c(Br)c(Br)c1O. The fourth-order valence-electron chi connectivity index (χ4n) is 7.89. The van der Waals surface area contributed by atoms with E-state index < -0.39 is 115 Å². The largest absolute Gasteiger partial charge is 0.503 e. The summed E-state index contributed by atoms with van der Waals surface area (Å²) in [6.07, 6.45) is 0.522. The van der Waals surface area contributed by atoms with Gasteiger partial charge in [0.2, 0.25) is 17.6 Å². The van der Waals surface area contributed by atoms with Crippen LogP contribution in [0, 0.1) is 57.0 Å². The molecule has 7 rings (SSSR count). The summed E-state index contributed by atoms with van der Waals surface area (Å²) in [4.78, 5) is 62.6. The number of phenolic OH excluding ortho intramolecular Hbond substituents is 1. The first-order valence-corrected chi connectivity index (χ1v) is 17.5. The predicted octanol–water partition coefficient (Wildman–Crippen LogP) is 7.30. The molecule has 4 aliphatic rings. The number of non-ortho nitro benzene ring substituents is 1. The highest BCUT2D eigenvalue weighted by molar-refractivity contribution is 9.13. The number of methoxy groups -OCH3 is 1. The number of ether oxygens (including phenoxy) is 1. The third-order valence-electron chi connectivity index (χ3n) is 10.2. The number of hydrogen-bond donors (Lipinski definition) is 1. The summed E-state index contributed by atoms with van der Waals surface area (Å²) in [5.41, 5.74) is -2.42. The second kappa shape index (κ2) is 12.5. The van der Waals surface area contributed by atoms with E-state index >= 15 is 8.78 Å². The van der Waals surface area contributed by atoms with Crippen LogP contribution in [0.3, 0.4) is 0 Å². The van der Waals surface area contributed by atoms with E-state index in [1.807, 2.05) is 0 Å². The Hall–Kier alpha value is -4.13. The summed E-state index contributed by atoms with van der Waals surface area (Å²) in [5.74, 6) is -23.7. The molecule has 1 N–H and O–H groups in total. The van der Waals surface area contributed by atoms with Gasteiger partial charge in [-0.25, -0.2) is 31.8 Å². The van der Waals surface area contributed by atoms with Crippen molar-refractivity contribution in [3.05, 3.63) is 95.7 Å². The molecule has 3 fully saturated rings. The molecular formula is C33H18Br2Cl2F5N3O8. The van der Waals surface area contributed by atoms with Crippen molar-refractivity contribution >= 4 is 95.8 Å². The van der Waals surface area contributed by atoms with Gasteiger partial charge in [-0.2, -0.15) is 0 Å². The molecule has 2 saturated heterocycles. The highest BCUT2D eigenvalue weighted by Gasteiger charge is 2.77. The number of nitro groups is 1. The molecule has 2 aliphatic carbocycles. The molecule has 20 heteroatoms. The highest BCUT2D eigenvalue weighted by atomic mass is 79.9. The van der Waals surface area contributed by atoms with Gasteiger partial charge in [-0.05, 0) is 68.3 Å². The minimum atomic E-state index is -2.84. The van der Waals surface area contributed by atoms with Crippen molar-refractivity contribution in [3.8, 4) is 11.5 Å². The van der Waals surface area contributed by atoms with Gasteiger partial charge in [0.05, 0.1) is 34.0 Å². The maximum Gasteiger partial charge on any atom is 0.271 e. The third kappa shape index (κ3) is 4.80. The second-order valence-electron chi connectivity index (χ2n) is 12.6. The molecule has 2 aliphatic heterocycles. The van der Waals surface area contributed by atoms with Crippen LogP contribution in [-0.4, -0.2) is 50.5 Å². The monoisotopic (exact) mass is 907 g/mol. The van der Waals surface area contributed by atoms with Crippen molar-refractivity contribution in [2.75, 3.05) is 16.9 Å². The first-order chi connectivity index (χ1) is 24.8. The summed E-state index contributed by atoms with van der Waals surface area (Å²) in [6.45, 7) is 0.